The number of rotatable bonds is 5. The molecule has 30 heavy (non-hydrogen) atoms. The topological polar surface area (TPSA) is 92.1 Å². The van der Waals surface area contributed by atoms with Crippen molar-refractivity contribution in [2.45, 2.75) is 71.2 Å². The quantitative estimate of drug-likeness (QED) is 0.629. The largest absolute Gasteiger partial charge is 0.379 e. The van der Waals surface area contributed by atoms with E-state index >= 15 is 0 Å². The summed E-state index contributed by atoms with van der Waals surface area (Å²) in [6, 6.07) is 2.01. The number of anilines is 1. The molecule has 2 aromatic rings. The minimum Gasteiger partial charge on any atom is -0.379 e. The van der Waals surface area contributed by atoms with Crippen LogP contribution in [0.15, 0.2) is 18.5 Å². The number of fused-ring (bicyclic) bond motifs is 1. The van der Waals surface area contributed by atoms with Crippen molar-refractivity contribution in [1.82, 2.24) is 20.1 Å². The Morgan fingerprint density at radius 2 is 2.13 bits per heavy atom. The molecule has 1 aliphatic carbocycles. The highest BCUT2D eigenvalue weighted by molar-refractivity contribution is 6.33. The first-order valence-electron chi connectivity index (χ1n) is 10.9. The van der Waals surface area contributed by atoms with Crippen molar-refractivity contribution >= 4 is 23.3 Å². The molecule has 8 heteroatoms. The Morgan fingerprint density at radius 1 is 1.30 bits per heavy atom. The number of hydrogen-bond donors (Lipinski definition) is 3. The summed E-state index contributed by atoms with van der Waals surface area (Å²) in [7, 11) is 0. The monoisotopic (exact) mass is 431 g/mol. The highest BCUT2D eigenvalue weighted by atomic mass is 35.5. The maximum absolute atomic E-state index is 12.9. The van der Waals surface area contributed by atoms with Crippen LogP contribution < -0.4 is 10.6 Å². The predicted molar refractivity (Wildman–Crippen MR) is 117 cm³/mol. The molecular formula is C22H30ClN5O2. The maximum Gasteiger partial charge on any atom is 0.228 e. The van der Waals surface area contributed by atoms with Gasteiger partial charge in [-0.25, -0.2) is 4.98 Å². The number of halogens is 1. The number of pyridine rings is 1. The molecule has 0 radical (unpaired) electrons. The van der Waals surface area contributed by atoms with Crippen molar-refractivity contribution in [2.24, 2.45) is 11.8 Å². The molecule has 2 unspecified atom stereocenters. The molecule has 1 fully saturated rings. The molecule has 2 aromatic heterocycles. The SMILES string of the molecule is CC1CCn2ncc(-c3cc(NC(=O)[C@H]4CCC[C@@H](NC(C)O)C4)ncc3Cl)c2C1. The molecule has 7 nitrogen and oxygen atoms in total. The Labute approximate surface area is 182 Å². The van der Waals surface area contributed by atoms with Crippen LogP contribution in [0.5, 0.6) is 0 Å². The number of aryl methyl sites for hydroxylation is 1. The molecule has 3 N–H and O–H groups in total. The van der Waals surface area contributed by atoms with Crippen molar-refractivity contribution in [1.29, 1.82) is 0 Å². The Kier molecular flexibility index (Phi) is 6.41. The van der Waals surface area contributed by atoms with Crippen molar-refractivity contribution in [3.05, 3.63) is 29.2 Å². The van der Waals surface area contributed by atoms with E-state index in [1.165, 1.54) is 5.69 Å². The average molecular weight is 432 g/mol. The highest BCUT2D eigenvalue weighted by Gasteiger charge is 2.28. The lowest BCUT2D eigenvalue weighted by Crippen LogP contribution is -2.42. The second-order valence-corrected chi connectivity index (χ2v) is 9.17. The Morgan fingerprint density at radius 3 is 2.93 bits per heavy atom. The third-order valence-corrected chi connectivity index (χ3v) is 6.54. The van der Waals surface area contributed by atoms with Crippen LogP contribution in [0.2, 0.25) is 5.02 Å². The second kappa shape index (κ2) is 9.04. The molecule has 4 atom stereocenters. The molecule has 2 aliphatic rings. The van der Waals surface area contributed by atoms with Gasteiger partial charge in [-0.2, -0.15) is 5.10 Å². The van der Waals surface area contributed by atoms with Gasteiger partial charge in [-0.05, 0) is 51.0 Å². The van der Waals surface area contributed by atoms with Crippen LogP contribution >= 0.6 is 11.6 Å². The van der Waals surface area contributed by atoms with Crippen LogP contribution in [0.1, 0.15) is 51.6 Å². The number of nitrogens with one attached hydrogen (secondary N) is 2. The minimum atomic E-state index is -0.568. The van der Waals surface area contributed by atoms with Crippen molar-refractivity contribution in [3.63, 3.8) is 0 Å². The molecule has 3 heterocycles. The normalized spacial score (nSPS) is 24.9. The molecule has 0 aromatic carbocycles. The molecule has 0 spiro atoms. The lowest BCUT2D eigenvalue weighted by molar-refractivity contribution is -0.121. The van der Waals surface area contributed by atoms with Crippen molar-refractivity contribution < 1.29 is 9.90 Å². The average Bonchev–Trinajstić information content (AvgIpc) is 3.12. The summed E-state index contributed by atoms with van der Waals surface area (Å²) in [5.74, 6) is 0.996. The van der Waals surface area contributed by atoms with E-state index in [0.29, 0.717) is 23.2 Å². The molecular weight excluding hydrogens is 402 g/mol. The minimum absolute atomic E-state index is 0.0291. The third-order valence-electron chi connectivity index (χ3n) is 6.24. The van der Waals surface area contributed by atoms with Crippen LogP contribution in [0.3, 0.4) is 0 Å². The van der Waals surface area contributed by atoms with Gasteiger partial charge >= 0.3 is 0 Å². The highest BCUT2D eigenvalue weighted by Crippen LogP contribution is 2.35. The van der Waals surface area contributed by atoms with Crippen molar-refractivity contribution in [2.75, 3.05) is 5.32 Å². The number of carbonyl (C=O) groups excluding carboxylic acids is 1. The number of hydrogen-bond acceptors (Lipinski definition) is 5. The van der Waals surface area contributed by atoms with Crippen LogP contribution in [0.4, 0.5) is 5.82 Å². The summed E-state index contributed by atoms with van der Waals surface area (Å²) >= 11 is 6.48. The van der Waals surface area contributed by atoms with Crippen LogP contribution in [-0.2, 0) is 17.8 Å². The van der Waals surface area contributed by atoms with Gasteiger partial charge < -0.3 is 10.4 Å². The number of nitrogens with zero attached hydrogens (tertiary/aromatic N) is 3. The van der Waals surface area contributed by atoms with E-state index in [1.54, 1.807) is 13.1 Å². The summed E-state index contributed by atoms with van der Waals surface area (Å²) < 4.78 is 2.06. The first-order valence-corrected chi connectivity index (χ1v) is 11.2. The van der Waals surface area contributed by atoms with E-state index in [1.807, 2.05) is 12.3 Å². The Balaban J connectivity index is 1.50. The lowest BCUT2D eigenvalue weighted by atomic mass is 9.85. The Bertz CT molecular complexity index is 913. The van der Waals surface area contributed by atoms with Gasteiger partial charge in [-0.15, -0.1) is 0 Å². The summed E-state index contributed by atoms with van der Waals surface area (Å²) in [6.07, 6.45) is 8.50. The van der Waals surface area contributed by atoms with Gasteiger partial charge in [0.15, 0.2) is 0 Å². The molecule has 4 rings (SSSR count). The summed E-state index contributed by atoms with van der Waals surface area (Å²) in [4.78, 5) is 17.2. The van der Waals surface area contributed by atoms with E-state index in [2.05, 4.69) is 32.3 Å². The molecule has 1 aliphatic heterocycles. The Hall–Kier alpha value is -1.96. The van der Waals surface area contributed by atoms with Gasteiger partial charge in [0, 0.05) is 41.5 Å². The number of amides is 1. The molecule has 0 saturated heterocycles. The fourth-order valence-electron chi connectivity index (χ4n) is 4.68. The first-order chi connectivity index (χ1) is 14.4. The van der Waals surface area contributed by atoms with Gasteiger partial charge in [0.1, 0.15) is 12.0 Å². The van der Waals surface area contributed by atoms with Gasteiger partial charge in [0.25, 0.3) is 0 Å². The van der Waals surface area contributed by atoms with Gasteiger partial charge in [0.2, 0.25) is 5.91 Å². The summed E-state index contributed by atoms with van der Waals surface area (Å²) in [5.41, 5.74) is 3.07. The first kappa shape index (κ1) is 21.3. The standard InChI is InChI=1S/C22H30ClN5O2/c1-13-6-7-28-20(8-13)18(11-25-28)17-10-21(24-12-19(17)23)27-22(30)15-4-3-5-16(9-15)26-14(2)29/h10-16,26,29H,3-9H2,1-2H3,(H,24,27,30)/t13?,14?,15-,16+/m0/s1. The number of carbonyl (C=O) groups is 1. The van der Waals surface area contributed by atoms with Gasteiger partial charge in [-0.1, -0.05) is 24.9 Å². The summed E-state index contributed by atoms with van der Waals surface area (Å²) in [6.45, 7) is 4.88. The van der Waals surface area contributed by atoms with Gasteiger partial charge in [-0.3, -0.25) is 14.8 Å². The maximum atomic E-state index is 12.9. The van der Waals surface area contributed by atoms with E-state index in [4.69, 9.17) is 11.6 Å². The van der Waals surface area contributed by atoms with E-state index < -0.39 is 6.23 Å². The van der Waals surface area contributed by atoms with E-state index in [0.717, 1.165) is 49.8 Å². The fourth-order valence-corrected chi connectivity index (χ4v) is 4.89. The predicted octanol–water partition coefficient (Wildman–Crippen LogP) is 3.61. The molecule has 1 saturated carbocycles. The number of aromatic nitrogens is 3. The lowest BCUT2D eigenvalue weighted by Gasteiger charge is -2.30. The van der Waals surface area contributed by atoms with E-state index in [9.17, 15) is 9.90 Å². The zero-order valence-corrected chi connectivity index (χ0v) is 18.3. The van der Waals surface area contributed by atoms with Crippen LogP contribution in [-0.4, -0.2) is 38.0 Å². The fraction of sp³-hybridized carbons (Fsp3) is 0.591. The number of aliphatic hydroxyl groups is 1. The second-order valence-electron chi connectivity index (χ2n) is 8.77. The zero-order chi connectivity index (χ0) is 21.3. The zero-order valence-electron chi connectivity index (χ0n) is 17.6. The van der Waals surface area contributed by atoms with Crippen molar-refractivity contribution in [3.8, 4) is 11.1 Å². The van der Waals surface area contributed by atoms with Crippen LogP contribution in [0, 0.1) is 11.8 Å². The van der Waals surface area contributed by atoms with E-state index in [-0.39, 0.29) is 17.9 Å². The molecule has 162 valence electrons. The third kappa shape index (κ3) is 4.68. The van der Waals surface area contributed by atoms with Crippen LogP contribution in [0.25, 0.3) is 11.1 Å². The molecule has 1 amide bonds. The summed E-state index contributed by atoms with van der Waals surface area (Å²) in [5, 5.41) is 20.8. The molecule has 0 bridgehead atoms. The van der Waals surface area contributed by atoms with Gasteiger partial charge in [0.05, 0.1) is 11.2 Å². The smallest absolute Gasteiger partial charge is 0.228 e. The number of aliphatic hydroxyl groups excluding tert-OH is 1.